The Labute approximate surface area is 150 Å². The van der Waals surface area contributed by atoms with Gasteiger partial charge in [0.15, 0.2) is 10.8 Å². The number of rotatable bonds is 3. The number of hydrogen-bond donors (Lipinski definition) is 1. The average molecular weight is 373 g/mol. The molecule has 4 aromatic rings. The molecule has 25 heavy (non-hydrogen) atoms. The molecule has 2 N–H and O–H groups in total. The van der Waals surface area contributed by atoms with Crippen LogP contribution in [-0.4, -0.2) is 40.9 Å². The lowest BCUT2D eigenvalue weighted by molar-refractivity contribution is -0.115. The first-order chi connectivity index (χ1) is 12.1. The van der Waals surface area contributed by atoms with Gasteiger partial charge in [-0.2, -0.15) is 9.61 Å². The van der Waals surface area contributed by atoms with Crippen LogP contribution in [-0.2, 0) is 11.2 Å². The number of fused-ring (bicyclic) bond motifs is 8. The van der Waals surface area contributed by atoms with E-state index in [1.54, 1.807) is 22.2 Å². The molecule has 0 bridgehead atoms. The van der Waals surface area contributed by atoms with Gasteiger partial charge in [-0.25, -0.2) is 9.38 Å². The van der Waals surface area contributed by atoms with Gasteiger partial charge in [0.1, 0.15) is 11.2 Å². The van der Waals surface area contributed by atoms with Crippen molar-refractivity contribution < 1.29 is 4.79 Å². The van der Waals surface area contributed by atoms with Gasteiger partial charge in [-0.3, -0.25) is 4.79 Å². The monoisotopic (exact) mass is 373 g/mol. The van der Waals surface area contributed by atoms with Crippen LogP contribution >= 0.6 is 23.1 Å². The summed E-state index contributed by atoms with van der Waals surface area (Å²) in [7, 11) is 0. The molecule has 0 saturated carbocycles. The number of carbonyl (C=O) groups excluding carboxylic acids is 1. The molecule has 0 unspecified atom stereocenters. The first kappa shape index (κ1) is 15.1. The number of aryl methyl sites for hydroxylation is 1. The van der Waals surface area contributed by atoms with Gasteiger partial charge in [0.2, 0.25) is 5.91 Å². The molecule has 0 fully saturated rings. The van der Waals surface area contributed by atoms with E-state index in [0.717, 1.165) is 22.3 Å². The number of thiophene rings is 1. The third kappa shape index (κ3) is 2.10. The lowest BCUT2D eigenvalue weighted by atomic mass is 9.87. The highest BCUT2D eigenvalue weighted by Crippen LogP contribution is 2.44. The molecule has 0 radical (unpaired) electrons. The van der Waals surface area contributed by atoms with Crippen LogP contribution in [0.2, 0.25) is 0 Å². The van der Waals surface area contributed by atoms with Crippen molar-refractivity contribution in [1.29, 1.82) is 0 Å². The molecule has 0 aliphatic heterocycles. The summed E-state index contributed by atoms with van der Waals surface area (Å²) < 4.78 is 3.72. The van der Waals surface area contributed by atoms with Crippen molar-refractivity contribution in [2.45, 2.75) is 37.3 Å². The summed E-state index contributed by atoms with van der Waals surface area (Å²) in [5.41, 5.74) is 7.50. The van der Waals surface area contributed by atoms with Crippen molar-refractivity contribution in [3.05, 3.63) is 16.8 Å². The maximum Gasteiger partial charge on any atom is 0.260 e. The molecule has 1 atom stereocenters. The predicted molar refractivity (Wildman–Crippen MR) is 96.2 cm³/mol. The smallest absolute Gasteiger partial charge is 0.260 e. The van der Waals surface area contributed by atoms with Crippen LogP contribution in [0.1, 0.15) is 36.1 Å². The number of carbonyl (C=O) groups is 1. The van der Waals surface area contributed by atoms with E-state index in [1.807, 2.05) is 4.40 Å². The zero-order valence-corrected chi connectivity index (χ0v) is 15.1. The minimum Gasteiger partial charge on any atom is -0.369 e. The Balaban J connectivity index is 1.90. The third-order valence-electron chi connectivity index (χ3n) is 4.66. The van der Waals surface area contributed by atoms with Gasteiger partial charge in [0, 0.05) is 4.88 Å². The third-order valence-corrected chi connectivity index (χ3v) is 6.86. The fourth-order valence-corrected chi connectivity index (χ4v) is 5.82. The van der Waals surface area contributed by atoms with Crippen LogP contribution in [0, 0.1) is 0 Å². The van der Waals surface area contributed by atoms with Crippen LogP contribution in [0.3, 0.4) is 0 Å². The van der Waals surface area contributed by atoms with Gasteiger partial charge in [0.25, 0.3) is 5.78 Å². The van der Waals surface area contributed by atoms with E-state index in [2.05, 4.69) is 27.2 Å². The number of primary amides is 1. The number of nitrogens with two attached hydrogens (primary N) is 1. The Hall–Kier alpha value is -2.20. The first-order valence-electron chi connectivity index (χ1n) is 8.08. The van der Waals surface area contributed by atoms with E-state index in [9.17, 15) is 4.79 Å². The molecule has 1 amide bonds. The molecule has 5 rings (SSSR count). The maximum absolute atomic E-state index is 11.2. The fourth-order valence-electron chi connectivity index (χ4n) is 3.64. The number of hydrogen-bond acceptors (Lipinski definition) is 7. The highest BCUT2D eigenvalue weighted by molar-refractivity contribution is 7.99. The summed E-state index contributed by atoms with van der Waals surface area (Å²) in [6.45, 7) is 2.27. The van der Waals surface area contributed by atoms with E-state index < -0.39 is 0 Å². The van der Waals surface area contributed by atoms with Gasteiger partial charge in [-0.1, -0.05) is 18.7 Å². The summed E-state index contributed by atoms with van der Waals surface area (Å²) in [5.74, 6) is 0.893. The van der Waals surface area contributed by atoms with Crippen LogP contribution < -0.4 is 5.73 Å². The second kappa shape index (κ2) is 5.40. The van der Waals surface area contributed by atoms with Crippen LogP contribution in [0.5, 0.6) is 0 Å². The lowest BCUT2D eigenvalue weighted by Crippen LogP contribution is -2.13. The van der Waals surface area contributed by atoms with Crippen molar-refractivity contribution in [3.8, 4) is 0 Å². The molecule has 0 aromatic carbocycles. The van der Waals surface area contributed by atoms with E-state index in [-0.39, 0.29) is 11.7 Å². The van der Waals surface area contributed by atoms with Crippen molar-refractivity contribution in [3.63, 3.8) is 0 Å². The molecule has 8 nitrogen and oxygen atoms in total. The summed E-state index contributed by atoms with van der Waals surface area (Å²) in [6.07, 6.45) is 5.03. The van der Waals surface area contributed by atoms with Crippen LogP contribution in [0.15, 0.2) is 11.5 Å². The SMILES string of the molecule is C[C@@H]1CCCc2sc3c(c21)c1ncnn1c1nnc(SCC(N)=O)n31. The van der Waals surface area contributed by atoms with Crippen LogP contribution in [0.4, 0.5) is 0 Å². The first-order valence-corrected chi connectivity index (χ1v) is 9.88. The topological polar surface area (TPSA) is 103 Å². The molecule has 1 aliphatic carbocycles. The summed E-state index contributed by atoms with van der Waals surface area (Å²) >= 11 is 3.07. The Kier molecular flexibility index (Phi) is 3.26. The number of aromatic nitrogens is 6. The van der Waals surface area contributed by atoms with Gasteiger partial charge < -0.3 is 5.73 Å². The Morgan fingerprint density at radius 1 is 1.48 bits per heavy atom. The largest absolute Gasteiger partial charge is 0.369 e. The van der Waals surface area contributed by atoms with E-state index in [1.165, 1.54) is 35.0 Å². The molecule has 1 aliphatic rings. The van der Waals surface area contributed by atoms with Crippen molar-refractivity contribution >= 4 is 50.6 Å². The highest BCUT2D eigenvalue weighted by Gasteiger charge is 2.27. The molecule has 128 valence electrons. The number of amides is 1. The van der Waals surface area contributed by atoms with Gasteiger partial charge in [-0.05, 0) is 30.7 Å². The number of thioether (sulfide) groups is 1. The lowest BCUT2D eigenvalue weighted by Gasteiger charge is -2.18. The average Bonchev–Trinajstić information content (AvgIpc) is 3.28. The summed E-state index contributed by atoms with van der Waals surface area (Å²) in [6, 6.07) is 0. The second-order valence-corrected chi connectivity index (χ2v) is 8.31. The Bertz CT molecular complexity index is 1140. The zero-order valence-electron chi connectivity index (χ0n) is 13.5. The molecule has 0 spiro atoms. The standard InChI is InChI=1S/C15H15N7OS2/c1-7-3-2-4-8-10(7)11-12-17-6-18-22(12)14-19-20-15(24-5-9(16)23)21(14)13(11)25-8/h6-7H,2-5H2,1H3,(H2,16,23)/t7-/m1/s1. The van der Waals surface area contributed by atoms with Crippen molar-refractivity contribution in [2.24, 2.45) is 5.73 Å². The van der Waals surface area contributed by atoms with Crippen molar-refractivity contribution in [2.75, 3.05) is 5.75 Å². The van der Waals surface area contributed by atoms with Gasteiger partial charge in [-0.15, -0.1) is 21.5 Å². The predicted octanol–water partition coefficient (Wildman–Crippen LogP) is 2.00. The maximum atomic E-state index is 11.2. The molecule has 0 saturated heterocycles. The fraction of sp³-hybridized carbons (Fsp3) is 0.400. The molecule has 4 heterocycles. The summed E-state index contributed by atoms with van der Waals surface area (Å²) in [4.78, 5) is 18.2. The van der Waals surface area contributed by atoms with E-state index >= 15 is 0 Å². The zero-order chi connectivity index (χ0) is 17.1. The van der Waals surface area contributed by atoms with Crippen LogP contribution in [0.25, 0.3) is 21.6 Å². The normalized spacial score (nSPS) is 17.6. The van der Waals surface area contributed by atoms with Gasteiger partial charge >= 0.3 is 0 Å². The molecule has 4 aromatic heterocycles. The molecule has 10 heteroatoms. The Morgan fingerprint density at radius 2 is 2.36 bits per heavy atom. The minimum absolute atomic E-state index is 0.166. The second-order valence-electron chi connectivity index (χ2n) is 6.28. The molecular weight excluding hydrogens is 358 g/mol. The van der Waals surface area contributed by atoms with Gasteiger partial charge in [0.05, 0.1) is 11.1 Å². The van der Waals surface area contributed by atoms with Crippen molar-refractivity contribution in [1.82, 2.24) is 29.2 Å². The quantitative estimate of drug-likeness (QED) is 0.551. The van der Waals surface area contributed by atoms with E-state index in [0.29, 0.717) is 16.9 Å². The Morgan fingerprint density at radius 3 is 3.20 bits per heavy atom. The summed E-state index contributed by atoms with van der Waals surface area (Å²) in [5, 5.41) is 14.7. The number of nitrogens with zero attached hydrogens (tertiary/aromatic N) is 6. The minimum atomic E-state index is -0.376. The molecular formula is C15H15N7OS2. The highest BCUT2D eigenvalue weighted by atomic mass is 32.2. The van der Waals surface area contributed by atoms with E-state index in [4.69, 9.17) is 5.73 Å².